The Morgan fingerprint density at radius 1 is 1.60 bits per heavy atom. The van der Waals surface area contributed by atoms with Gasteiger partial charge in [0.05, 0.1) is 6.10 Å². The topological polar surface area (TPSA) is 46.5 Å². The molecular formula is C12H20O3. The zero-order chi connectivity index (χ0) is 11.6. The minimum absolute atomic E-state index is 0.00544. The van der Waals surface area contributed by atoms with Crippen molar-refractivity contribution in [2.24, 2.45) is 5.41 Å². The lowest BCUT2D eigenvalue weighted by atomic mass is 9.72. The van der Waals surface area contributed by atoms with Gasteiger partial charge >= 0.3 is 5.97 Å². The van der Waals surface area contributed by atoms with E-state index in [2.05, 4.69) is 0 Å². The van der Waals surface area contributed by atoms with Crippen LogP contribution < -0.4 is 0 Å². The molecule has 0 aliphatic heterocycles. The number of carboxylic acids is 1. The molecule has 0 heterocycles. The predicted octanol–water partition coefficient (Wildman–Crippen LogP) is 2.61. The molecule has 3 heteroatoms. The predicted molar refractivity (Wildman–Crippen MR) is 58.8 cm³/mol. The van der Waals surface area contributed by atoms with E-state index in [1.54, 1.807) is 0 Å². The van der Waals surface area contributed by atoms with Crippen LogP contribution in [0.2, 0.25) is 0 Å². The van der Waals surface area contributed by atoms with E-state index < -0.39 is 5.97 Å². The van der Waals surface area contributed by atoms with Crippen LogP contribution in [0.5, 0.6) is 0 Å². The van der Waals surface area contributed by atoms with Crippen molar-refractivity contribution in [3.05, 3.63) is 11.1 Å². The molecule has 86 valence electrons. The minimum Gasteiger partial charge on any atom is -0.478 e. The lowest BCUT2D eigenvalue weighted by molar-refractivity contribution is -0.134. The summed E-state index contributed by atoms with van der Waals surface area (Å²) in [6.45, 7) is 8.43. The first-order chi connectivity index (χ1) is 6.90. The number of hydrogen-bond acceptors (Lipinski definition) is 2. The molecule has 0 saturated heterocycles. The number of aliphatic carboxylic acids is 1. The number of carbonyl (C=O) groups is 1. The molecule has 0 spiro atoms. The van der Waals surface area contributed by atoms with Gasteiger partial charge in [-0.05, 0) is 37.7 Å². The van der Waals surface area contributed by atoms with E-state index in [-0.39, 0.29) is 11.5 Å². The Morgan fingerprint density at radius 2 is 2.20 bits per heavy atom. The van der Waals surface area contributed by atoms with Gasteiger partial charge in [-0.25, -0.2) is 4.79 Å². The van der Waals surface area contributed by atoms with E-state index in [1.165, 1.54) is 0 Å². The Kier molecular flexibility index (Phi) is 3.55. The first-order valence-corrected chi connectivity index (χ1v) is 5.46. The van der Waals surface area contributed by atoms with Crippen LogP contribution in [0.15, 0.2) is 11.1 Å². The van der Waals surface area contributed by atoms with E-state index in [0.717, 1.165) is 18.4 Å². The smallest absolute Gasteiger partial charge is 0.332 e. The van der Waals surface area contributed by atoms with Crippen molar-refractivity contribution >= 4 is 5.97 Å². The number of rotatable bonds is 3. The monoisotopic (exact) mass is 212 g/mol. The molecule has 0 bridgehead atoms. The summed E-state index contributed by atoms with van der Waals surface area (Å²) >= 11 is 0. The van der Waals surface area contributed by atoms with E-state index in [0.29, 0.717) is 12.2 Å². The van der Waals surface area contributed by atoms with Crippen molar-refractivity contribution in [2.75, 3.05) is 6.61 Å². The Morgan fingerprint density at radius 3 is 2.67 bits per heavy atom. The summed E-state index contributed by atoms with van der Waals surface area (Å²) in [5, 5.41) is 9.22. The van der Waals surface area contributed by atoms with Crippen molar-refractivity contribution < 1.29 is 14.6 Å². The molecule has 0 unspecified atom stereocenters. The fourth-order valence-corrected chi connectivity index (χ4v) is 2.40. The first kappa shape index (κ1) is 12.2. The third kappa shape index (κ3) is 2.40. The Labute approximate surface area is 91.1 Å². The van der Waals surface area contributed by atoms with Gasteiger partial charge in [-0.15, -0.1) is 0 Å². The zero-order valence-corrected chi connectivity index (χ0v) is 9.96. The van der Waals surface area contributed by atoms with Crippen LogP contribution in [-0.4, -0.2) is 23.8 Å². The molecule has 1 rings (SSSR count). The molecule has 0 aromatic rings. The van der Waals surface area contributed by atoms with Crippen molar-refractivity contribution in [1.82, 2.24) is 0 Å². The summed E-state index contributed by atoms with van der Waals surface area (Å²) in [6.07, 6.45) is 1.79. The van der Waals surface area contributed by atoms with Gasteiger partial charge in [-0.1, -0.05) is 13.8 Å². The van der Waals surface area contributed by atoms with Gasteiger partial charge in [0.2, 0.25) is 0 Å². The van der Waals surface area contributed by atoms with Gasteiger partial charge in [0.15, 0.2) is 0 Å². The molecule has 0 amide bonds. The summed E-state index contributed by atoms with van der Waals surface area (Å²) in [5.41, 5.74) is 1.19. The van der Waals surface area contributed by atoms with Gasteiger partial charge in [0.25, 0.3) is 0 Å². The van der Waals surface area contributed by atoms with Crippen LogP contribution in [0.25, 0.3) is 0 Å². The standard InChI is InChI=1S/C12H20O3/c1-5-15-9-6-7-12(3,4)10(8(9)2)11(13)14/h9H,5-7H2,1-4H3,(H,13,14)/t9-/m1/s1. The SMILES string of the molecule is CCO[C@@H]1CCC(C)(C)C(C(=O)O)=C1C. The molecular weight excluding hydrogens is 192 g/mol. The molecule has 1 aliphatic carbocycles. The van der Waals surface area contributed by atoms with Crippen molar-refractivity contribution in [3.63, 3.8) is 0 Å². The van der Waals surface area contributed by atoms with Gasteiger partial charge in [-0.2, -0.15) is 0 Å². The summed E-state index contributed by atoms with van der Waals surface area (Å²) in [5.74, 6) is -0.804. The largest absolute Gasteiger partial charge is 0.478 e. The highest BCUT2D eigenvalue weighted by molar-refractivity contribution is 5.89. The highest BCUT2D eigenvalue weighted by atomic mass is 16.5. The molecule has 0 radical (unpaired) electrons. The van der Waals surface area contributed by atoms with Crippen LogP contribution >= 0.6 is 0 Å². The average Bonchev–Trinajstić information content (AvgIpc) is 2.09. The summed E-state index contributed by atoms with van der Waals surface area (Å²) < 4.78 is 5.55. The van der Waals surface area contributed by atoms with Crippen LogP contribution in [0.3, 0.4) is 0 Å². The highest BCUT2D eigenvalue weighted by Gasteiger charge is 2.37. The third-order valence-electron chi connectivity index (χ3n) is 3.17. The summed E-state index contributed by atoms with van der Waals surface area (Å²) in [7, 11) is 0. The average molecular weight is 212 g/mol. The van der Waals surface area contributed by atoms with Crippen LogP contribution in [0, 0.1) is 5.41 Å². The zero-order valence-electron chi connectivity index (χ0n) is 9.96. The second-order valence-corrected chi connectivity index (χ2v) is 4.73. The molecule has 1 atom stereocenters. The second-order valence-electron chi connectivity index (χ2n) is 4.73. The molecule has 0 aromatic carbocycles. The van der Waals surface area contributed by atoms with Gasteiger partial charge < -0.3 is 9.84 Å². The lowest BCUT2D eigenvalue weighted by Gasteiger charge is -2.36. The molecule has 1 N–H and O–H groups in total. The van der Waals surface area contributed by atoms with E-state index >= 15 is 0 Å². The fraction of sp³-hybridized carbons (Fsp3) is 0.750. The first-order valence-electron chi connectivity index (χ1n) is 5.46. The van der Waals surface area contributed by atoms with E-state index in [9.17, 15) is 9.90 Å². The van der Waals surface area contributed by atoms with Crippen LogP contribution in [0.4, 0.5) is 0 Å². The van der Waals surface area contributed by atoms with Crippen LogP contribution in [0.1, 0.15) is 40.5 Å². The van der Waals surface area contributed by atoms with Gasteiger partial charge in [0.1, 0.15) is 0 Å². The Hall–Kier alpha value is -0.830. The third-order valence-corrected chi connectivity index (χ3v) is 3.17. The highest BCUT2D eigenvalue weighted by Crippen LogP contribution is 2.41. The quantitative estimate of drug-likeness (QED) is 0.782. The molecule has 0 saturated carbocycles. The maximum absolute atomic E-state index is 11.2. The molecule has 3 nitrogen and oxygen atoms in total. The van der Waals surface area contributed by atoms with E-state index in [1.807, 2.05) is 27.7 Å². The summed E-state index contributed by atoms with van der Waals surface area (Å²) in [6, 6.07) is 0. The number of hydrogen-bond donors (Lipinski definition) is 1. The summed E-state index contributed by atoms with van der Waals surface area (Å²) in [4.78, 5) is 11.2. The molecule has 1 aliphatic rings. The van der Waals surface area contributed by atoms with Gasteiger partial charge in [-0.3, -0.25) is 0 Å². The Bertz CT molecular complexity index is 289. The van der Waals surface area contributed by atoms with Crippen molar-refractivity contribution in [1.29, 1.82) is 0 Å². The Balaban J connectivity index is 3.07. The van der Waals surface area contributed by atoms with E-state index in [4.69, 9.17) is 4.74 Å². The maximum atomic E-state index is 11.2. The minimum atomic E-state index is -0.804. The lowest BCUT2D eigenvalue weighted by Crippen LogP contribution is -2.33. The fourth-order valence-electron chi connectivity index (χ4n) is 2.40. The second kappa shape index (κ2) is 4.35. The number of carboxylic acid groups (broad SMARTS) is 1. The van der Waals surface area contributed by atoms with Gasteiger partial charge in [0, 0.05) is 12.2 Å². The maximum Gasteiger partial charge on any atom is 0.332 e. The van der Waals surface area contributed by atoms with Crippen LogP contribution in [-0.2, 0) is 9.53 Å². The van der Waals surface area contributed by atoms with Crippen molar-refractivity contribution in [2.45, 2.75) is 46.6 Å². The normalized spacial score (nSPS) is 25.5. The number of ether oxygens (including phenoxy) is 1. The molecule has 0 fully saturated rings. The van der Waals surface area contributed by atoms with Crippen molar-refractivity contribution in [3.8, 4) is 0 Å². The molecule has 15 heavy (non-hydrogen) atoms. The molecule has 0 aromatic heterocycles.